The summed E-state index contributed by atoms with van der Waals surface area (Å²) >= 11 is 0. The van der Waals surface area contributed by atoms with Crippen LogP contribution < -0.4 is 10.1 Å². The van der Waals surface area contributed by atoms with Gasteiger partial charge in [0.2, 0.25) is 0 Å². The van der Waals surface area contributed by atoms with Gasteiger partial charge >= 0.3 is 6.03 Å². The summed E-state index contributed by atoms with van der Waals surface area (Å²) in [5.74, 6) is 0.855. The molecule has 1 atom stereocenters. The van der Waals surface area contributed by atoms with Crippen molar-refractivity contribution in [3.05, 3.63) is 30.3 Å². The molecule has 22 heavy (non-hydrogen) atoms. The van der Waals surface area contributed by atoms with Gasteiger partial charge in [-0.25, -0.2) is 4.79 Å². The maximum Gasteiger partial charge on any atom is 0.317 e. The number of aliphatic hydroxyl groups excluding tert-OH is 1. The predicted octanol–water partition coefficient (Wildman–Crippen LogP) is 2.40. The topological polar surface area (TPSA) is 61.8 Å². The number of carbonyl (C=O) groups is 1. The highest BCUT2D eigenvalue weighted by atomic mass is 16.5. The lowest BCUT2D eigenvalue weighted by molar-refractivity contribution is 0.131. The van der Waals surface area contributed by atoms with Crippen molar-refractivity contribution in [2.45, 2.75) is 38.1 Å². The van der Waals surface area contributed by atoms with E-state index in [0.717, 1.165) is 38.0 Å². The van der Waals surface area contributed by atoms with E-state index in [1.807, 2.05) is 35.2 Å². The van der Waals surface area contributed by atoms with Gasteiger partial charge in [-0.15, -0.1) is 0 Å². The number of carbonyl (C=O) groups excluding carboxylic acids is 1. The molecule has 5 heteroatoms. The lowest BCUT2D eigenvalue weighted by Crippen LogP contribution is -2.49. The Morgan fingerprint density at radius 1 is 1.32 bits per heavy atom. The van der Waals surface area contributed by atoms with Crippen LogP contribution in [0, 0.1) is 0 Å². The number of piperidine rings is 1. The number of ether oxygens (including phenoxy) is 1. The third-order valence-corrected chi connectivity index (χ3v) is 3.96. The number of benzene rings is 1. The van der Waals surface area contributed by atoms with Crippen molar-refractivity contribution in [1.29, 1.82) is 0 Å². The Morgan fingerprint density at radius 3 is 2.91 bits per heavy atom. The number of likely N-dealkylation sites (tertiary alicyclic amines) is 1. The smallest absolute Gasteiger partial charge is 0.317 e. The first kappa shape index (κ1) is 16.6. The second-order valence-corrected chi connectivity index (χ2v) is 5.60. The van der Waals surface area contributed by atoms with E-state index in [0.29, 0.717) is 19.6 Å². The van der Waals surface area contributed by atoms with Crippen LogP contribution in [-0.2, 0) is 0 Å². The predicted molar refractivity (Wildman–Crippen MR) is 86.0 cm³/mol. The van der Waals surface area contributed by atoms with E-state index in [9.17, 15) is 4.79 Å². The minimum Gasteiger partial charge on any atom is -0.494 e. The molecular formula is C17H26N2O3. The number of urea groups is 1. The molecule has 0 aliphatic carbocycles. The van der Waals surface area contributed by atoms with Crippen LogP contribution in [-0.4, -0.2) is 48.4 Å². The van der Waals surface area contributed by atoms with Gasteiger partial charge in [0.1, 0.15) is 5.75 Å². The number of hydrogen-bond donors (Lipinski definition) is 2. The number of para-hydroxylation sites is 1. The second-order valence-electron chi connectivity index (χ2n) is 5.60. The third kappa shape index (κ3) is 5.22. The number of amides is 2. The Bertz CT molecular complexity index is 437. The minimum atomic E-state index is -0.0159. The highest BCUT2D eigenvalue weighted by Gasteiger charge is 2.25. The van der Waals surface area contributed by atoms with Crippen molar-refractivity contribution in [1.82, 2.24) is 10.2 Å². The summed E-state index contributed by atoms with van der Waals surface area (Å²) in [6.45, 7) is 2.12. The molecule has 1 aliphatic rings. The summed E-state index contributed by atoms with van der Waals surface area (Å²) in [4.78, 5) is 14.1. The largest absolute Gasteiger partial charge is 0.494 e. The molecule has 0 saturated carbocycles. The molecule has 1 heterocycles. The Hall–Kier alpha value is -1.75. The molecule has 5 nitrogen and oxygen atoms in total. The molecule has 0 aromatic heterocycles. The maximum absolute atomic E-state index is 12.2. The molecule has 0 spiro atoms. The maximum atomic E-state index is 12.2. The fourth-order valence-corrected chi connectivity index (χ4v) is 2.79. The van der Waals surface area contributed by atoms with Gasteiger partial charge in [0.05, 0.1) is 6.61 Å². The quantitative estimate of drug-likeness (QED) is 0.760. The van der Waals surface area contributed by atoms with Crippen molar-refractivity contribution in [3.8, 4) is 5.75 Å². The molecule has 2 N–H and O–H groups in total. The van der Waals surface area contributed by atoms with E-state index < -0.39 is 0 Å². The van der Waals surface area contributed by atoms with Gasteiger partial charge in [0.25, 0.3) is 0 Å². The lowest BCUT2D eigenvalue weighted by atomic mass is 10.0. The first-order valence-corrected chi connectivity index (χ1v) is 8.14. The van der Waals surface area contributed by atoms with E-state index >= 15 is 0 Å². The normalized spacial score (nSPS) is 18.0. The molecule has 1 saturated heterocycles. The zero-order valence-electron chi connectivity index (χ0n) is 13.0. The van der Waals surface area contributed by atoms with Crippen molar-refractivity contribution < 1.29 is 14.6 Å². The van der Waals surface area contributed by atoms with Crippen LogP contribution in [0.5, 0.6) is 5.75 Å². The zero-order chi connectivity index (χ0) is 15.6. The molecule has 1 aromatic rings. The number of rotatable bonds is 7. The number of aliphatic hydroxyl groups is 1. The van der Waals surface area contributed by atoms with Crippen molar-refractivity contribution >= 4 is 6.03 Å². The van der Waals surface area contributed by atoms with Gasteiger partial charge in [-0.2, -0.15) is 0 Å². The minimum absolute atomic E-state index is 0.0159. The highest BCUT2D eigenvalue weighted by Crippen LogP contribution is 2.19. The standard InChI is InChI=1S/C17H26N2O3/c20-13-10-15-7-4-5-12-19(15)17(21)18-11-6-14-22-16-8-2-1-3-9-16/h1-3,8-9,15,20H,4-7,10-14H2,(H,18,21). The summed E-state index contributed by atoms with van der Waals surface area (Å²) in [6, 6.07) is 9.84. The van der Waals surface area contributed by atoms with Crippen LogP contribution in [0.25, 0.3) is 0 Å². The van der Waals surface area contributed by atoms with Crippen molar-refractivity contribution in [2.24, 2.45) is 0 Å². The first-order chi connectivity index (χ1) is 10.8. The third-order valence-electron chi connectivity index (χ3n) is 3.96. The van der Waals surface area contributed by atoms with Gasteiger partial charge in [-0.1, -0.05) is 18.2 Å². The lowest BCUT2D eigenvalue weighted by Gasteiger charge is -2.35. The van der Waals surface area contributed by atoms with Crippen molar-refractivity contribution in [3.63, 3.8) is 0 Å². The summed E-state index contributed by atoms with van der Waals surface area (Å²) in [6.07, 6.45) is 4.63. The summed E-state index contributed by atoms with van der Waals surface area (Å²) in [5, 5.41) is 12.0. The van der Waals surface area contributed by atoms with Gasteiger partial charge < -0.3 is 20.1 Å². The van der Waals surface area contributed by atoms with E-state index in [4.69, 9.17) is 9.84 Å². The molecule has 2 amide bonds. The zero-order valence-corrected chi connectivity index (χ0v) is 13.0. The molecule has 0 radical (unpaired) electrons. The van der Waals surface area contributed by atoms with Gasteiger partial charge in [-0.3, -0.25) is 0 Å². The monoisotopic (exact) mass is 306 g/mol. The van der Waals surface area contributed by atoms with Crippen LogP contribution in [0.2, 0.25) is 0 Å². The second kappa shape index (κ2) is 9.30. The molecule has 0 bridgehead atoms. The SMILES string of the molecule is O=C(NCCCOc1ccccc1)N1CCCCC1CCO. The average Bonchev–Trinajstić information content (AvgIpc) is 2.56. The van der Waals surface area contributed by atoms with E-state index in [1.165, 1.54) is 0 Å². The molecule has 1 unspecified atom stereocenters. The van der Waals surface area contributed by atoms with Crippen LogP contribution >= 0.6 is 0 Å². The highest BCUT2D eigenvalue weighted by molar-refractivity contribution is 5.74. The first-order valence-electron chi connectivity index (χ1n) is 8.14. The molecular weight excluding hydrogens is 280 g/mol. The Labute approximate surface area is 132 Å². The van der Waals surface area contributed by atoms with E-state index in [-0.39, 0.29) is 18.7 Å². The fourth-order valence-electron chi connectivity index (χ4n) is 2.79. The van der Waals surface area contributed by atoms with Crippen LogP contribution in [0.4, 0.5) is 4.79 Å². The number of nitrogens with zero attached hydrogens (tertiary/aromatic N) is 1. The van der Waals surface area contributed by atoms with E-state index in [1.54, 1.807) is 0 Å². The summed E-state index contributed by atoms with van der Waals surface area (Å²) < 4.78 is 5.60. The Kier molecular flexibility index (Phi) is 7.03. The van der Waals surface area contributed by atoms with Crippen LogP contribution in [0.15, 0.2) is 30.3 Å². The average molecular weight is 306 g/mol. The Balaban J connectivity index is 1.64. The van der Waals surface area contributed by atoms with Gasteiger partial charge in [0, 0.05) is 25.7 Å². The molecule has 2 rings (SSSR count). The molecule has 1 aliphatic heterocycles. The summed E-state index contributed by atoms with van der Waals surface area (Å²) in [7, 11) is 0. The van der Waals surface area contributed by atoms with Crippen molar-refractivity contribution in [2.75, 3.05) is 26.3 Å². The fraction of sp³-hybridized carbons (Fsp3) is 0.588. The summed E-state index contributed by atoms with van der Waals surface area (Å²) in [5.41, 5.74) is 0. The van der Waals surface area contributed by atoms with Gasteiger partial charge in [0.15, 0.2) is 0 Å². The van der Waals surface area contributed by atoms with Gasteiger partial charge in [-0.05, 0) is 44.2 Å². The van der Waals surface area contributed by atoms with Crippen LogP contribution in [0.3, 0.4) is 0 Å². The van der Waals surface area contributed by atoms with Crippen LogP contribution in [0.1, 0.15) is 32.1 Å². The number of hydrogen-bond acceptors (Lipinski definition) is 3. The molecule has 122 valence electrons. The molecule has 1 aromatic carbocycles. The number of nitrogens with one attached hydrogen (secondary N) is 1. The molecule has 1 fully saturated rings. The Morgan fingerprint density at radius 2 is 2.14 bits per heavy atom. The van der Waals surface area contributed by atoms with E-state index in [2.05, 4.69) is 5.32 Å².